The zero-order valence-electron chi connectivity index (χ0n) is 15.9. The third-order valence-corrected chi connectivity index (χ3v) is 5.91. The molecule has 5 rings (SSSR count). The highest BCUT2D eigenvalue weighted by molar-refractivity contribution is 5.97. The second-order valence-electron chi connectivity index (χ2n) is 7.60. The highest BCUT2D eigenvalue weighted by Crippen LogP contribution is 2.28. The Hall–Kier alpha value is -3.08. The number of fused-ring (bicyclic) bond motifs is 2. The lowest BCUT2D eigenvalue weighted by Crippen LogP contribution is -2.45. The van der Waals surface area contributed by atoms with Gasteiger partial charge < -0.3 is 14.3 Å². The van der Waals surface area contributed by atoms with Gasteiger partial charge in [0.2, 0.25) is 6.10 Å². The van der Waals surface area contributed by atoms with Gasteiger partial charge in [-0.1, -0.05) is 47.6 Å². The van der Waals surface area contributed by atoms with Gasteiger partial charge in [-0.3, -0.25) is 4.79 Å². The van der Waals surface area contributed by atoms with Crippen LogP contribution in [-0.2, 0) is 22.6 Å². The van der Waals surface area contributed by atoms with Crippen LogP contribution in [0.4, 0.5) is 0 Å². The lowest BCUT2D eigenvalue weighted by atomic mass is 9.98. The van der Waals surface area contributed by atoms with Crippen LogP contribution >= 0.6 is 0 Å². The van der Waals surface area contributed by atoms with Crippen LogP contribution in [0.2, 0.25) is 0 Å². The van der Waals surface area contributed by atoms with Crippen LogP contribution in [-0.4, -0.2) is 33.7 Å². The summed E-state index contributed by atoms with van der Waals surface area (Å²) < 4.78 is 2.21. The van der Waals surface area contributed by atoms with Crippen LogP contribution < -0.4 is 0 Å². The van der Waals surface area contributed by atoms with E-state index in [2.05, 4.69) is 65.3 Å². The summed E-state index contributed by atoms with van der Waals surface area (Å²) >= 11 is 0. The van der Waals surface area contributed by atoms with Gasteiger partial charge in [-0.2, -0.15) is 0 Å². The summed E-state index contributed by atoms with van der Waals surface area (Å²) in [6, 6.07) is 18.8. The van der Waals surface area contributed by atoms with E-state index in [4.69, 9.17) is 4.84 Å². The number of carbonyl (C=O) groups excluding carboxylic acids is 1. The minimum absolute atomic E-state index is 0.0385. The number of amides is 1. The maximum Gasteiger partial charge on any atom is 0.267 e. The molecule has 1 amide bonds. The Bertz CT molecular complexity index is 1060. The van der Waals surface area contributed by atoms with Gasteiger partial charge in [-0.15, -0.1) is 0 Å². The summed E-state index contributed by atoms with van der Waals surface area (Å²) in [5.74, 6) is 0.0385. The molecule has 1 aromatic heterocycles. The molecule has 2 aliphatic heterocycles. The van der Waals surface area contributed by atoms with Crippen molar-refractivity contribution < 1.29 is 9.63 Å². The molecular weight excluding hydrogens is 350 g/mol. The average Bonchev–Trinajstić information content (AvgIpc) is 3.38. The van der Waals surface area contributed by atoms with Gasteiger partial charge in [0.15, 0.2) is 0 Å². The zero-order chi connectivity index (χ0) is 19.1. The van der Waals surface area contributed by atoms with E-state index < -0.39 is 6.10 Å². The van der Waals surface area contributed by atoms with Gasteiger partial charge in [-0.25, -0.2) is 0 Å². The summed E-state index contributed by atoms with van der Waals surface area (Å²) in [6.07, 6.45) is 2.84. The van der Waals surface area contributed by atoms with Crippen molar-refractivity contribution in [2.75, 3.05) is 6.54 Å². The maximum atomic E-state index is 13.1. The zero-order valence-corrected chi connectivity index (χ0v) is 15.9. The first-order chi connectivity index (χ1) is 13.7. The number of nitrogens with zero attached hydrogens (tertiary/aromatic N) is 3. The van der Waals surface area contributed by atoms with Gasteiger partial charge in [0.05, 0.1) is 11.8 Å². The summed E-state index contributed by atoms with van der Waals surface area (Å²) in [6.45, 7) is 3.62. The fourth-order valence-electron chi connectivity index (χ4n) is 4.39. The molecule has 142 valence electrons. The molecular formula is C23H23N3O2. The quantitative estimate of drug-likeness (QED) is 0.698. The number of hydrogen-bond acceptors (Lipinski definition) is 3. The van der Waals surface area contributed by atoms with Gasteiger partial charge in [0, 0.05) is 37.8 Å². The number of oxime groups is 1. The fourth-order valence-corrected chi connectivity index (χ4v) is 4.39. The minimum atomic E-state index is -0.506. The highest BCUT2D eigenvalue weighted by Gasteiger charge is 2.36. The third-order valence-electron chi connectivity index (χ3n) is 5.91. The number of benzene rings is 2. The summed E-state index contributed by atoms with van der Waals surface area (Å²) in [5.41, 5.74) is 3.33. The van der Waals surface area contributed by atoms with Crippen LogP contribution in [0.15, 0.2) is 65.9 Å². The SMILES string of the molecule is CC1c2cccn2CCN1C(=O)C1CC(Cc2cccc3ccccc23)=NO1. The van der Waals surface area contributed by atoms with Crippen molar-refractivity contribution in [2.45, 2.75) is 38.5 Å². The van der Waals surface area contributed by atoms with Crippen molar-refractivity contribution in [2.24, 2.45) is 5.16 Å². The molecule has 2 aliphatic rings. The standard InChI is InChI=1S/C23H23N3O2/c1-16-21-10-5-11-25(21)12-13-26(16)23(27)22-15-19(24-28-22)14-18-8-4-7-17-6-2-3-9-20(17)18/h2-11,16,22H,12-15H2,1H3. The Morgan fingerprint density at radius 1 is 1.11 bits per heavy atom. The van der Waals surface area contributed by atoms with Crippen molar-refractivity contribution >= 4 is 22.4 Å². The first-order valence-corrected chi connectivity index (χ1v) is 9.84. The van der Waals surface area contributed by atoms with E-state index in [0.29, 0.717) is 19.4 Å². The number of carbonyl (C=O) groups is 1. The van der Waals surface area contributed by atoms with Gasteiger partial charge in [0.25, 0.3) is 5.91 Å². The van der Waals surface area contributed by atoms with E-state index in [-0.39, 0.29) is 11.9 Å². The van der Waals surface area contributed by atoms with E-state index in [9.17, 15) is 4.79 Å². The van der Waals surface area contributed by atoms with Crippen LogP contribution in [0.3, 0.4) is 0 Å². The predicted octanol–water partition coefficient (Wildman–Crippen LogP) is 3.93. The molecule has 5 heteroatoms. The largest absolute Gasteiger partial charge is 0.382 e. The van der Waals surface area contributed by atoms with Crippen LogP contribution in [0.25, 0.3) is 10.8 Å². The Labute approximate surface area is 164 Å². The Balaban J connectivity index is 1.29. The van der Waals surface area contributed by atoms with E-state index >= 15 is 0 Å². The van der Waals surface area contributed by atoms with Crippen molar-refractivity contribution in [1.29, 1.82) is 0 Å². The molecule has 0 fully saturated rings. The third kappa shape index (κ3) is 2.87. The van der Waals surface area contributed by atoms with Crippen molar-refractivity contribution in [3.8, 4) is 0 Å². The average molecular weight is 373 g/mol. The monoisotopic (exact) mass is 373 g/mol. The smallest absolute Gasteiger partial charge is 0.267 e. The molecule has 2 unspecified atom stereocenters. The van der Waals surface area contributed by atoms with Gasteiger partial charge in [-0.05, 0) is 35.4 Å². The second-order valence-corrected chi connectivity index (χ2v) is 7.60. The van der Waals surface area contributed by atoms with Crippen LogP contribution in [0, 0.1) is 0 Å². The van der Waals surface area contributed by atoms with E-state index in [1.54, 1.807) is 0 Å². The Morgan fingerprint density at radius 3 is 2.89 bits per heavy atom. The molecule has 0 saturated carbocycles. The molecule has 3 heterocycles. The number of hydrogen-bond donors (Lipinski definition) is 0. The summed E-state index contributed by atoms with van der Waals surface area (Å²) in [7, 11) is 0. The van der Waals surface area contributed by atoms with Gasteiger partial charge >= 0.3 is 0 Å². The van der Waals surface area contributed by atoms with Crippen LogP contribution in [0.5, 0.6) is 0 Å². The number of rotatable bonds is 3. The van der Waals surface area contributed by atoms with E-state index in [0.717, 1.165) is 12.3 Å². The first-order valence-electron chi connectivity index (χ1n) is 9.84. The fraction of sp³-hybridized carbons (Fsp3) is 0.304. The Morgan fingerprint density at radius 2 is 1.96 bits per heavy atom. The lowest BCUT2D eigenvalue weighted by Gasteiger charge is -2.35. The predicted molar refractivity (Wildman–Crippen MR) is 109 cm³/mol. The van der Waals surface area contributed by atoms with Gasteiger partial charge in [0.1, 0.15) is 0 Å². The molecule has 5 nitrogen and oxygen atoms in total. The molecule has 0 saturated heterocycles. The summed E-state index contributed by atoms with van der Waals surface area (Å²) in [4.78, 5) is 20.6. The van der Waals surface area contributed by atoms with Crippen molar-refractivity contribution in [1.82, 2.24) is 9.47 Å². The normalized spacial score (nSPS) is 21.3. The molecule has 3 aromatic rings. The second kappa shape index (κ2) is 6.82. The molecule has 0 radical (unpaired) electrons. The number of aromatic nitrogens is 1. The molecule has 2 aromatic carbocycles. The topological polar surface area (TPSA) is 46.8 Å². The van der Waals surface area contributed by atoms with Crippen molar-refractivity contribution in [3.05, 3.63) is 72.1 Å². The van der Waals surface area contributed by atoms with E-state index in [1.165, 1.54) is 22.0 Å². The first kappa shape index (κ1) is 17.0. The maximum absolute atomic E-state index is 13.1. The molecule has 0 N–H and O–H groups in total. The molecule has 0 spiro atoms. The highest BCUT2D eigenvalue weighted by atomic mass is 16.6. The van der Waals surface area contributed by atoms with Crippen molar-refractivity contribution in [3.63, 3.8) is 0 Å². The minimum Gasteiger partial charge on any atom is -0.382 e. The Kier molecular flexibility index (Phi) is 4.15. The molecule has 2 atom stereocenters. The van der Waals surface area contributed by atoms with E-state index in [1.807, 2.05) is 17.0 Å². The lowest BCUT2D eigenvalue weighted by molar-refractivity contribution is -0.145. The summed E-state index contributed by atoms with van der Waals surface area (Å²) in [5, 5.41) is 6.71. The van der Waals surface area contributed by atoms with Crippen LogP contribution in [0.1, 0.15) is 30.6 Å². The molecule has 0 aliphatic carbocycles. The molecule has 0 bridgehead atoms. The molecule has 28 heavy (non-hydrogen) atoms.